The van der Waals surface area contributed by atoms with Gasteiger partial charge < -0.3 is 20.1 Å². The van der Waals surface area contributed by atoms with Gasteiger partial charge in [0.1, 0.15) is 17.5 Å². The summed E-state index contributed by atoms with van der Waals surface area (Å²) < 4.78 is 6.08. The lowest BCUT2D eigenvalue weighted by Crippen LogP contribution is -2.42. The molecule has 2 atom stereocenters. The fourth-order valence-corrected chi connectivity index (χ4v) is 3.09. The summed E-state index contributed by atoms with van der Waals surface area (Å²) in [6.45, 7) is 9.02. The van der Waals surface area contributed by atoms with Crippen molar-refractivity contribution >= 4 is 5.97 Å². The van der Waals surface area contributed by atoms with E-state index in [2.05, 4.69) is 0 Å². The Morgan fingerprint density at radius 2 is 1.93 bits per heavy atom. The summed E-state index contributed by atoms with van der Waals surface area (Å²) >= 11 is 0. The Labute approximate surface area is 161 Å². The Balaban J connectivity index is 2.28. The van der Waals surface area contributed by atoms with E-state index in [1.54, 1.807) is 45.1 Å². The number of ether oxygens (including phenoxy) is 1. The van der Waals surface area contributed by atoms with E-state index in [9.17, 15) is 20.1 Å². The first-order chi connectivity index (χ1) is 12.4. The van der Waals surface area contributed by atoms with Gasteiger partial charge in [-0.2, -0.15) is 0 Å². The predicted octanol–water partition coefficient (Wildman–Crippen LogP) is 3.67. The van der Waals surface area contributed by atoms with Gasteiger partial charge in [-0.25, -0.2) is 4.79 Å². The maximum atomic E-state index is 11.5. The lowest BCUT2D eigenvalue weighted by Gasteiger charge is -2.28. The van der Waals surface area contributed by atoms with Crippen molar-refractivity contribution in [1.29, 1.82) is 0 Å². The number of carboxylic acids is 1. The molecule has 0 saturated heterocycles. The number of carbonyl (C=O) groups is 1. The molecule has 1 aliphatic heterocycles. The molecule has 0 fully saturated rings. The standard InChI is InChI=1S/C22H30O5/c1-14(2)7-8-15-11-17(20(23)24)12-16-13-18(27-19(15)16)22(5,26)10-6-9-21(3,4)25/h6-7,9,11-12,18,25-26H,8,10,13H2,1-5H3,(H,23,24)/b9-6+/t18-,22-/m1/s1. The average molecular weight is 374 g/mol. The minimum atomic E-state index is -1.14. The first kappa shape index (κ1) is 21.2. The number of rotatable bonds is 7. The van der Waals surface area contributed by atoms with Crippen molar-refractivity contribution in [2.45, 2.75) is 71.2 Å². The Morgan fingerprint density at radius 1 is 1.26 bits per heavy atom. The second-order valence-electron chi connectivity index (χ2n) is 8.34. The average Bonchev–Trinajstić information content (AvgIpc) is 2.95. The fourth-order valence-electron chi connectivity index (χ4n) is 3.09. The molecule has 1 heterocycles. The van der Waals surface area contributed by atoms with Gasteiger partial charge in [0.2, 0.25) is 0 Å². The van der Waals surface area contributed by atoms with Crippen molar-refractivity contribution in [3.63, 3.8) is 0 Å². The van der Waals surface area contributed by atoms with Crippen molar-refractivity contribution in [2.75, 3.05) is 0 Å². The van der Waals surface area contributed by atoms with Crippen LogP contribution in [0.15, 0.2) is 35.9 Å². The highest BCUT2D eigenvalue weighted by molar-refractivity contribution is 5.88. The van der Waals surface area contributed by atoms with Crippen LogP contribution in [0.5, 0.6) is 5.75 Å². The molecule has 27 heavy (non-hydrogen) atoms. The summed E-state index contributed by atoms with van der Waals surface area (Å²) in [5, 5.41) is 30.1. The molecule has 0 unspecified atom stereocenters. The summed E-state index contributed by atoms with van der Waals surface area (Å²) in [5.74, 6) is -0.297. The molecule has 0 saturated carbocycles. The van der Waals surface area contributed by atoms with Crippen LogP contribution in [0, 0.1) is 0 Å². The maximum absolute atomic E-state index is 11.5. The van der Waals surface area contributed by atoms with Crippen LogP contribution in [-0.4, -0.2) is 38.6 Å². The zero-order valence-electron chi connectivity index (χ0n) is 16.7. The van der Waals surface area contributed by atoms with E-state index in [-0.39, 0.29) is 5.56 Å². The predicted molar refractivity (Wildman–Crippen MR) is 105 cm³/mol. The molecule has 3 N–H and O–H groups in total. The third-order valence-corrected chi connectivity index (χ3v) is 4.64. The maximum Gasteiger partial charge on any atom is 0.335 e. The van der Waals surface area contributed by atoms with Crippen LogP contribution in [0.2, 0.25) is 0 Å². The molecular formula is C22H30O5. The highest BCUT2D eigenvalue weighted by Gasteiger charge is 2.39. The lowest BCUT2D eigenvalue weighted by molar-refractivity contribution is -0.0359. The quantitative estimate of drug-likeness (QED) is 0.634. The highest BCUT2D eigenvalue weighted by atomic mass is 16.5. The van der Waals surface area contributed by atoms with Gasteiger partial charge in [-0.05, 0) is 70.7 Å². The van der Waals surface area contributed by atoms with Crippen molar-refractivity contribution < 1.29 is 24.9 Å². The number of aliphatic hydroxyl groups is 2. The van der Waals surface area contributed by atoms with Crippen LogP contribution >= 0.6 is 0 Å². The van der Waals surface area contributed by atoms with Crippen molar-refractivity contribution in [2.24, 2.45) is 0 Å². The lowest BCUT2D eigenvalue weighted by atomic mass is 9.90. The largest absolute Gasteiger partial charge is 0.486 e. The normalized spacial score (nSPS) is 18.7. The number of aromatic carboxylic acids is 1. The van der Waals surface area contributed by atoms with Crippen molar-refractivity contribution in [3.8, 4) is 5.75 Å². The van der Waals surface area contributed by atoms with E-state index in [1.165, 1.54) is 0 Å². The highest BCUT2D eigenvalue weighted by Crippen LogP contribution is 2.38. The van der Waals surface area contributed by atoms with Gasteiger partial charge in [-0.3, -0.25) is 0 Å². The number of fused-ring (bicyclic) bond motifs is 1. The SMILES string of the molecule is CC(C)=CCc1cc(C(=O)O)cc2c1O[C@@H]([C@](C)(O)C/C=C/C(C)(C)O)C2. The Morgan fingerprint density at radius 3 is 2.48 bits per heavy atom. The Kier molecular flexibility index (Phi) is 6.17. The van der Waals surface area contributed by atoms with Crippen LogP contribution in [0.1, 0.15) is 62.5 Å². The van der Waals surface area contributed by atoms with E-state index >= 15 is 0 Å². The summed E-state index contributed by atoms with van der Waals surface area (Å²) in [7, 11) is 0. The zero-order valence-corrected chi connectivity index (χ0v) is 16.7. The molecule has 1 aliphatic rings. The number of hydrogen-bond donors (Lipinski definition) is 3. The fraction of sp³-hybridized carbons (Fsp3) is 0.500. The minimum absolute atomic E-state index is 0.233. The van der Waals surface area contributed by atoms with Gasteiger partial charge in [0.15, 0.2) is 0 Å². The smallest absolute Gasteiger partial charge is 0.335 e. The van der Waals surface area contributed by atoms with Crippen molar-refractivity contribution in [3.05, 3.63) is 52.6 Å². The van der Waals surface area contributed by atoms with E-state index in [1.807, 2.05) is 19.9 Å². The topological polar surface area (TPSA) is 87.0 Å². The van der Waals surface area contributed by atoms with Gasteiger partial charge in [0, 0.05) is 6.42 Å². The van der Waals surface area contributed by atoms with Gasteiger partial charge in [-0.1, -0.05) is 23.8 Å². The molecule has 5 heteroatoms. The number of hydrogen-bond acceptors (Lipinski definition) is 4. The number of allylic oxidation sites excluding steroid dienone is 2. The monoisotopic (exact) mass is 374 g/mol. The minimum Gasteiger partial charge on any atom is -0.486 e. The first-order valence-corrected chi connectivity index (χ1v) is 9.20. The third-order valence-electron chi connectivity index (χ3n) is 4.64. The summed E-state index contributed by atoms with van der Waals surface area (Å²) in [6, 6.07) is 3.28. The molecule has 5 nitrogen and oxygen atoms in total. The molecule has 0 amide bonds. The zero-order chi connectivity index (χ0) is 20.4. The second-order valence-corrected chi connectivity index (χ2v) is 8.34. The van der Waals surface area contributed by atoms with E-state index in [0.29, 0.717) is 25.0 Å². The van der Waals surface area contributed by atoms with Crippen LogP contribution in [0.25, 0.3) is 0 Å². The van der Waals surface area contributed by atoms with Crippen LogP contribution in [0.4, 0.5) is 0 Å². The molecule has 1 aromatic carbocycles. The van der Waals surface area contributed by atoms with Gasteiger partial charge in [-0.15, -0.1) is 0 Å². The molecule has 1 aromatic rings. The van der Waals surface area contributed by atoms with E-state index in [4.69, 9.17) is 4.74 Å². The first-order valence-electron chi connectivity index (χ1n) is 9.20. The molecule has 0 spiro atoms. The molecule has 0 aliphatic carbocycles. The molecule has 0 aromatic heterocycles. The van der Waals surface area contributed by atoms with Gasteiger partial charge >= 0.3 is 5.97 Å². The van der Waals surface area contributed by atoms with E-state index in [0.717, 1.165) is 16.7 Å². The Hall–Kier alpha value is -2.11. The van der Waals surface area contributed by atoms with E-state index < -0.39 is 23.3 Å². The van der Waals surface area contributed by atoms with Crippen LogP contribution in [-0.2, 0) is 12.8 Å². The Bertz CT molecular complexity index is 762. The summed E-state index contributed by atoms with van der Waals surface area (Å²) in [6.07, 6.45) is 6.30. The molecule has 2 rings (SSSR count). The van der Waals surface area contributed by atoms with Crippen molar-refractivity contribution in [1.82, 2.24) is 0 Å². The number of carboxylic acid groups (broad SMARTS) is 1. The molecule has 0 radical (unpaired) electrons. The van der Waals surface area contributed by atoms with Crippen LogP contribution < -0.4 is 4.74 Å². The molecular weight excluding hydrogens is 344 g/mol. The number of benzene rings is 1. The summed E-state index contributed by atoms with van der Waals surface area (Å²) in [4.78, 5) is 11.5. The molecule has 0 bridgehead atoms. The van der Waals surface area contributed by atoms with Gasteiger partial charge in [0.05, 0.1) is 11.2 Å². The van der Waals surface area contributed by atoms with Gasteiger partial charge in [0.25, 0.3) is 0 Å². The summed E-state index contributed by atoms with van der Waals surface area (Å²) in [5.41, 5.74) is 0.918. The molecule has 148 valence electrons. The van der Waals surface area contributed by atoms with Crippen LogP contribution in [0.3, 0.4) is 0 Å². The third kappa shape index (κ3) is 5.68. The second kappa shape index (κ2) is 7.87.